The molecule has 2 radical (unpaired) electrons. The van der Waals surface area contributed by atoms with E-state index in [0.717, 1.165) is 11.3 Å². The molecule has 12 heteroatoms. The summed E-state index contributed by atoms with van der Waals surface area (Å²) < 4.78 is 22.2. The van der Waals surface area contributed by atoms with Gasteiger partial charge in [-0.05, 0) is 61.3 Å². The monoisotopic (exact) mass is 597 g/mol. The Balaban J connectivity index is 1.40. The van der Waals surface area contributed by atoms with Crippen molar-refractivity contribution in [2.75, 3.05) is 32.1 Å². The van der Waals surface area contributed by atoms with Crippen molar-refractivity contribution in [2.24, 2.45) is 5.92 Å². The number of rotatable bonds is 14. The number of halogens is 1. The number of nitrogens with zero attached hydrogens (tertiary/aromatic N) is 3. The largest absolute Gasteiger partial charge is 0.496 e. The third-order valence-electron chi connectivity index (χ3n) is 7.28. The summed E-state index contributed by atoms with van der Waals surface area (Å²) in [6, 6.07) is 8.89. The average Bonchev–Trinajstić information content (AvgIpc) is 3.45. The Bertz CT molecular complexity index is 1670. The van der Waals surface area contributed by atoms with Crippen LogP contribution >= 0.6 is 0 Å². The molecule has 0 aliphatic heterocycles. The molecule has 0 fully saturated rings. The van der Waals surface area contributed by atoms with E-state index in [1.54, 1.807) is 61.1 Å². The van der Waals surface area contributed by atoms with Gasteiger partial charge in [0.1, 0.15) is 19.4 Å². The predicted octanol–water partition coefficient (Wildman–Crippen LogP) is 4.26. The molecule has 4 rings (SSSR count). The van der Waals surface area contributed by atoms with Crippen LogP contribution in [0.2, 0.25) is 0 Å². The van der Waals surface area contributed by atoms with Crippen molar-refractivity contribution in [1.29, 1.82) is 0 Å². The summed E-state index contributed by atoms with van der Waals surface area (Å²) in [5.74, 6) is 0.0495. The number of ether oxygens (including phenoxy) is 1. The molecule has 0 saturated heterocycles. The van der Waals surface area contributed by atoms with Crippen molar-refractivity contribution in [3.05, 3.63) is 83.6 Å². The van der Waals surface area contributed by atoms with Crippen LogP contribution < -0.4 is 26.0 Å². The number of aromatic nitrogens is 3. The first-order chi connectivity index (χ1) is 21.1. The SMILES string of the molecule is [B]C(=C)NCC(C)C(=O)NCCCNC(=O)c1ccc(Nc2nccn3c(-c4ccc(OC)c(C)c4F)cnc23)cc1CC. The number of hydrogen-bond acceptors (Lipinski definition) is 7. The first kappa shape index (κ1) is 32.1. The topological polar surface area (TPSA) is 122 Å². The minimum Gasteiger partial charge on any atom is -0.496 e. The highest BCUT2D eigenvalue weighted by Gasteiger charge is 2.18. The summed E-state index contributed by atoms with van der Waals surface area (Å²) in [7, 11) is 6.98. The normalized spacial score (nSPS) is 11.6. The Kier molecular flexibility index (Phi) is 10.6. The van der Waals surface area contributed by atoms with Gasteiger partial charge in [-0.2, -0.15) is 0 Å². The highest BCUT2D eigenvalue weighted by atomic mass is 19.1. The molecule has 2 heterocycles. The van der Waals surface area contributed by atoms with E-state index in [4.69, 9.17) is 12.6 Å². The molecule has 10 nitrogen and oxygen atoms in total. The third-order valence-corrected chi connectivity index (χ3v) is 7.28. The second-order valence-corrected chi connectivity index (χ2v) is 10.4. The standard InChI is InChI=1S/C32H37BFN7O3/c1-6-22-16-23(8-9-24(22)32(43)37-13-7-12-36-31(42)19(2)17-38-21(4)33)40-29-30-39-18-26(41(30)15-14-35-29)25-10-11-27(44-5)20(3)28(25)34/h8-11,14-16,18-19,38H,4,6-7,12-13,17H2,1-3,5H3,(H,35,40)(H,36,42)(H,37,43). The second-order valence-electron chi connectivity index (χ2n) is 10.4. The lowest BCUT2D eigenvalue weighted by Crippen LogP contribution is -2.36. The lowest BCUT2D eigenvalue weighted by Gasteiger charge is -2.14. The maximum absolute atomic E-state index is 15.2. The molecule has 44 heavy (non-hydrogen) atoms. The molecule has 2 aromatic carbocycles. The molecular formula is C32H37BFN7O3. The molecule has 4 aromatic rings. The molecule has 0 aliphatic rings. The zero-order chi connectivity index (χ0) is 31.8. The first-order valence-electron chi connectivity index (χ1n) is 14.4. The highest BCUT2D eigenvalue weighted by Crippen LogP contribution is 2.32. The fourth-order valence-electron chi connectivity index (χ4n) is 4.76. The number of hydrogen-bond donors (Lipinski definition) is 4. The summed E-state index contributed by atoms with van der Waals surface area (Å²) in [6.45, 7) is 10.3. The molecule has 0 bridgehead atoms. The molecular weight excluding hydrogens is 560 g/mol. The van der Waals surface area contributed by atoms with Gasteiger partial charge in [0.05, 0.1) is 24.9 Å². The maximum Gasteiger partial charge on any atom is 0.251 e. The summed E-state index contributed by atoms with van der Waals surface area (Å²) >= 11 is 0. The van der Waals surface area contributed by atoms with Crippen molar-refractivity contribution < 1.29 is 18.7 Å². The van der Waals surface area contributed by atoms with Crippen molar-refractivity contribution in [2.45, 2.75) is 33.6 Å². The fourth-order valence-corrected chi connectivity index (χ4v) is 4.76. The molecule has 0 spiro atoms. The van der Waals surface area contributed by atoms with E-state index in [2.05, 4.69) is 37.8 Å². The summed E-state index contributed by atoms with van der Waals surface area (Å²) in [5, 5.41) is 11.9. The summed E-state index contributed by atoms with van der Waals surface area (Å²) in [6.07, 6.45) is 6.19. The second kappa shape index (κ2) is 14.5. The van der Waals surface area contributed by atoms with Gasteiger partial charge in [-0.15, -0.1) is 0 Å². The van der Waals surface area contributed by atoms with Gasteiger partial charge in [-0.25, -0.2) is 14.4 Å². The van der Waals surface area contributed by atoms with E-state index >= 15 is 4.39 Å². The number of nitrogens with one attached hydrogen (secondary N) is 4. The first-order valence-corrected chi connectivity index (χ1v) is 14.4. The quantitative estimate of drug-likeness (QED) is 0.127. The Morgan fingerprint density at radius 2 is 1.91 bits per heavy atom. The smallest absolute Gasteiger partial charge is 0.251 e. The molecule has 0 saturated carbocycles. The van der Waals surface area contributed by atoms with Crippen LogP contribution in [0.4, 0.5) is 15.9 Å². The molecule has 2 aromatic heterocycles. The number of amides is 2. The van der Waals surface area contributed by atoms with Crippen LogP contribution in [-0.2, 0) is 11.2 Å². The van der Waals surface area contributed by atoms with Crippen LogP contribution in [0.3, 0.4) is 0 Å². The lowest BCUT2D eigenvalue weighted by atomic mass is 10.0. The van der Waals surface area contributed by atoms with Crippen LogP contribution in [-0.4, -0.2) is 60.8 Å². The molecule has 1 unspecified atom stereocenters. The van der Waals surface area contributed by atoms with E-state index in [1.165, 1.54) is 7.11 Å². The zero-order valence-electron chi connectivity index (χ0n) is 25.5. The minimum atomic E-state index is -0.374. The van der Waals surface area contributed by atoms with Gasteiger partial charge >= 0.3 is 0 Å². The van der Waals surface area contributed by atoms with Crippen molar-refractivity contribution in [3.8, 4) is 17.0 Å². The minimum absolute atomic E-state index is 0.0961. The fraction of sp³-hybridized carbons (Fsp3) is 0.312. The van der Waals surface area contributed by atoms with Gasteiger partial charge in [0.15, 0.2) is 11.5 Å². The van der Waals surface area contributed by atoms with E-state index in [0.29, 0.717) is 77.7 Å². The molecule has 2 amide bonds. The van der Waals surface area contributed by atoms with Crippen molar-refractivity contribution >= 4 is 36.8 Å². The van der Waals surface area contributed by atoms with Gasteiger partial charge in [-0.3, -0.25) is 14.0 Å². The third kappa shape index (κ3) is 7.37. The number of imidazole rings is 1. The molecule has 4 N–H and O–H groups in total. The Hall–Kier alpha value is -4.87. The number of benzene rings is 2. The van der Waals surface area contributed by atoms with E-state index in [9.17, 15) is 9.59 Å². The Labute approximate surface area is 257 Å². The van der Waals surface area contributed by atoms with Gasteiger partial charge < -0.3 is 26.0 Å². The Morgan fingerprint density at radius 3 is 2.64 bits per heavy atom. The van der Waals surface area contributed by atoms with Crippen LogP contribution in [0, 0.1) is 18.7 Å². The van der Waals surface area contributed by atoms with E-state index in [-0.39, 0.29) is 23.5 Å². The van der Waals surface area contributed by atoms with Crippen LogP contribution in [0.15, 0.2) is 61.1 Å². The van der Waals surface area contributed by atoms with Crippen LogP contribution in [0.1, 0.15) is 41.8 Å². The highest BCUT2D eigenvalue weighted by molar-refractivity contribution is 6.20. The number of aryl methyl sites for hydroxylation is 1. The molecule has 1 atom stereocenters. The molecule has 0 aliphatic carbocycles. The van der Waals surface area contributed by atoms with E-state index < -0.39 is 0 Å². The zero-order valence-corrected chi connectivity index (χ0v) is 25.5. The van der Waals surface area contributed by atoms with E-state index in [1.807, 2.05) is 13.0 Å². The number of fused-ring (bicyclic) bond motifs is 1. The number of carbonyl (C=O) groups is 2. The van der Waals surface area contributed by atoms with Gasteiger partial charge in [0.25, 0.3) is 5.91 Å². The number of anilines is 2. The van der Waals surface area contributed by atoms with Gasteiger partial charge in [0.2, 0.25) is 5.91 Å². The van der Waals surface area contributed by atoms with Gasteiger partial charge in [-0.1, -0.05) is 20.4 Å². The summed E-state index contributed by atoms with van der Waals surface area (Å²) in [5.41, 5.74) is 4.42. The Morgan fingerprint density at radius 1 is 1.14 bits per heavy atom. The number of carbonyl (C=O) groups excluding carboxylic acids is 2. The molecule has 228 valence electrons. The van der Waals surface area contributed by atoms with Crippen LogP contribution in [0.25, 0.3) is 16.9 Å². The van der Waals surface area contributed by atoms with Crippen molar-refractivity contribution in [1.82, 2.24) is 30.3 Å². The average molecular weight is 598 g/mol. The predicted molar refractivity (Wildman–Crippen MR) is 171 cm³/mol. The maximum atomic E-state index is 15.2. The summed E-state index contributed by atoms with van der Waals surface area (Å²) in [4.78, 5) is 34.1. The van der Waals surface area contributed by atoms with Crippen LogP contribution in [0.5, 0.6) is 5.75 Å². The van der Waals surface area contributed by atoms with Crippen molar-refractivity contribution in [3.63, 3.8) is 0 Å². The number of methoxy groups -OCH3 is 1. The van der Waals surface area contributed by atoms with Gasteiger partial charge in [0, 0.05) is 54.4 Å². The lowest BCUT2D eigenvalue weighted by molar-refractivity contribution is -0.124.